The maximum absolute atomic E-state index is 9.96. The van der Waals surface area contributed by atoms with Crippen molar-refractivity contribution < 1.29 is 10.2 Å². The molecule has 0 radical (unpaired) electrons. The third kappa shape index (κ3) is 3.94. The summed E-state index contributed by atoms with van der Waals surface area (Å²) in [7, 11) is 0. The van der Waals surface area contributed by atoms with Crippen LogP contribution >= 0.6 is 22.9 Å². The van der Waals surface area contributed by atoms with E-state index in [0.717, 1.165) is 16.0 Å². The third-order valence-corrected chi connectivity index (χ3v) is 4.14. The molecule has 1 atom stereocenters. The summed E-state index contributed by atoms with van der Waals surface area (Å²) in [6.45, 7) is 2.92. The van der Waals surface area contributed by atoms with Gasteiger partial charge in [0.25, 0.3) is 0 Å². The molecule has 0 aliphatic heterocycles. The van der Waals surface area contributed by atoms with Crippen molar-refractivity contribution in [3.8, 4) is 5.75 Å². The Bertz CT molecular complexity index is 556. The Labute approximate surface area is 121 Å². The molecule has 0 aliphatic carbocycles. The predicted molar refractivity (Wildman–Crippen MR) is 78.8 cm³/mol. The highest BCUT2D eigenvalue weighted by Crippen LogP contribution is 2.26. The zero-order valence-corrected chi connectivity index (χ0v) is 12.1. The van der Waals surface area contributed by atoms with Crippen LogP contribution in [-0.2, 0) is 6.54 Å². The number of aryl methyl sites for hydroxylation is 1. The van der Waals surface area contributed by atoms with E-state index in [1.807, 2.05) is 25.1 Å². The van der Waals surface area contributed by atoms with Crippen LogP contribution < -0.4 is 5.32 Å². The van der Waals surface area contributed by atoms with Crippen molar-refractivity contribution in [2.24, 2.45) is 0 Å². The number of aliphatic hydroxyl groups excluding tert-OH is 1. The molecule has 1 aromatic carbocycles. The molecule has 2 rings (SSSR count). The average molecular weight is 298 g/mol. The van der Waals surface area contributed by atoms with Gasteiger partial charge in [-0.1, -0.05) is 29.3 Å². The van der Waals surface area contributed by atoms with E-state index < -0.39 is 6.10 Å². The first-order valence-corrected chi connectivity index (χ1v) is 7.18. The first-order chi connectivity index (χ1) is 9.06. The lowest BCUT2D eigenvalue weighted by atomic mass is 10.1. The van der Waals surface area contributed by atoms with Gasteiger partial charge in [0.2, 0.25) is 0 Å². The molecule has 3 N–H and O–H groups in total. The highest BCUT2D eigenvalue weighted by Gasteiger charge is 2.10. The van der Waals surface area contributed by atoms with Crippen LogP contribution in [0.2, 0.25) is 4.34 Å². The molecule has 1 heterocycles. The monoisotopic (exact) mass is 297 g/mol. The van der Waals surface area contributed by atoms with E-state index in [1.165, 1.54) is 11.3 Å². The number of halogens is 1. The van der Waals surface area contributed by atoms with Crippen molar-refractivity contribution in [3.63, 3.8) is 0 Å². The second-order valence-corrected chi connectivity index (χ2v) is 6.17. The number of phenols is 1. The molecule has 0 saturated carbocycles. The number of aliphatic hydroxyl groups is 1. The molecule has 0 spiro atoms. The molecule has 102 valence electrons. The number of nitrogens with one attached hydrogen (secondary N) is 1. The molecule has 0 fully saturated rings. The van der Waals surface area contributed by atoms with Crippen molar-refractivity contribution >= 4 is 22.9 Å². The van der Waals surface area contributed by atoms with E-state index in [-0.39, 0.29) is 5.75 Å². The van der Waals surface area contributed by atoms with Crippen LogP contribution in [0.25, 0.3) is 0 Å². The number of hydrogen-bond acceptors (Lipinski definition) is 4. The van der Waals surface area contributed by atoms with E-state index in [4.69, 9.17) is 11.6 Å². The molecule has 2 aromatic rings. The molecule has 5 heteroatoms. The molecule has 0 amide bonds. The fraction of sp³-hybridized carbons (Fsp3) is 0.286. The first-order valence-electron chi connectivity index (χ1n) is 5.99. The van der Waals surface area contributed by atoms with Crippen LogP contribution in [0.5, 0.6) is 5.75 Å². The topological polar surface area (TPSA) is 52.5 Å². The first kappa shape index (κ1) is 14.3. The van der Waals surface area contributed by atoms with Crippen LogP contribution in [0.3, 0.4) is 0 Å². The fourth-order valence-electron chi connectivity index (χ4n) is 1.81. The molecule has 0 aliphatic rings. The smallest absolute Gasteiger partial charge is 0.120 e. The molecular formula is C14H16ClNO2S. The quantitative estimate of drug-likeness (QED) is 0.794. The maximum Gasteiger partial charge on any atom is 0.120 e. The van der Waals surface area contributed by atoms with Gasteiger partial charge in [-0.15, -0.1) is 11.3 Å². The largest absolute Gasteiger partial charge is 0.508 e. The molecule has 0 saturated heterocycles. The molecule has 19 heavy (non-hydrogen) atoms. The van der Waals surface area contributed by atoms with Crippen molar-refractivity contribution in [3.05, 3.63) is 50.7 Å². The lowest BCUT2D eigenvalue weighted by Crippen LogP contribution is -2.20. The summed E-state index contributed by atoms with van der Waals surface area (Å²) in [6, 6.07) is 9.07. The second-order valence-electron chi connectivity index (χ2n) is 4.42. The second kappa shape index (κ2) is 6.39. The van der Waals surface area contributed by atoms with Gasteiger partial charge in [-0.2, -0.15) is 0 Å². The highest BCUT2D eigenvalue weighted by molar-refractivity contribution is 7.16. The van der Waals surface area contributed by atoms with E-state index in [9.17, 15) is 10.2 Å². The van der Waals surface area contributed by atoms with E-state index >= 15 is 0 Å². The zero-order valence-electron chi connectivity index (χ0n) is 10.6. The zero-order chi connectivity index (χ0) is 13.8. The van der Waals surface area contributed by atoms with Crippen molar-refractivity contribution in [2.75, 3.05) is 6.54 Å². The van der Waals surface area contributed by atoms with E-state index in [0.29, 0.717) is 17.4 Å². The SMILES string of the molecule is Cc1ccc(O)c(CNCC(O)c2ccc(Cl)s2)c1. The molecule has 0 bridgehead atoms. The highest BCUT2D eigenvalue weighted by atomic mass is 35.5. The molecule has 1 aromatic heterocycles. The lowest BCUT2D eigenvalue weighted by molar-refractivity contribution is 0.178. The van der Waals surface area contributed by atoms with Gasteiger partial charge in [-0.25, -0.2) is 0 Å². The normalized spacial score (nSPS) is 12.6. The van der Waals surface area contributed by atoms with Gasteiger partial charge in [-0.3, -0.25) is 0 Å². The number of phenolic OH excluding ortho intramolecular Hbond substituents is 1. The number of benzene rings is 1. The standard InChI is InChI=1S/C14H16ClNO2S/c1-9-2-3-11(17)10(6-9)7-16-8-12(18)13-4-5-14(15)19-13/h2-6,12,16-18H,7-8H2,1H3. The van der Waals surface area contributed by atoms with E-state index in [2.05, 4.69) is 5.32 Å². The summed E-state index contributed by atoms with van der Waals surface area (Å²) < 4.78 is 0.672. The molecule has 1 unspecified atom stereocenters. The predicted octanol–water partition coefficient (Wildman–Crippen LogP) is 3.24. The number of thiophene rings is 1. The van der Waals surface area contributed by atoms with E-state index in [1.54, 1.807) is 12.1 Å². The summed E-state index contributed by atoms with van der Waals surface area (Å²) in [4.78, 5) is 0.839. The van der Waals surface area contributed by atoms with Gasteiger partial charge < -0.3 is 15.5 Å². The van der Waals surface area contributed by atoms with Gasteiger partial charge in [-0.05, 0) is 25.1 Å². The Hall–Kier alpha value is -1.07. The van der Waals surface area contributed by atoms with Gasteiger partial charge in [0.1, 0.15) is 11.9 Å². The minimum Gasteiger partial charge on any atom is -0.508 e. The number of hydrogen-bond donors (Lipinski definition) is 3. The van der Waals surface area contributed by atoms with Gasteiger partial charge >= 0.3 is 0 Å². The molecular weight excluding hydrogens is 282 g/mol. The summed E-state index contributed by atoms with van der Waals surface area (Å²) in [6.07, 6.45) is -0.579. The van der Waals surface area contributed by atoms with Gasteiger partial charge in [0.05, 0.1) is 4.34 Å². The number of aromatic hydroxyl groups is 1. The summed E-state index contributed by atoms with van der Waals surface area (Å²) in [5.41, 5.74) is 1.93. The minimum atomic E-state index is -0.579. The summed E-state index contributed by atoms with van der Waals surface area (Å²) >= 11 is 7.20. The van der Waals surface area contributed by atoms with Crippen molar-refractivity contribution in [1.82, 2.24) is 5.32 Å². The lowest BCUT2D eigenvalue weighted by Gasteiger charge is -2.11. The fourth-order valence-corrected chi connectivity index (χ4v) is 2.85. The Morgan fingerprint density at radius 1 is 1.32 bits per heavy atom. The Morgan fingerprint density at radius 2 is 2.11 bits per heavy atom. The van der Waals surface area contributed by atoms with Crippen LogP contribution in [0, 0.1) is 6.92 Å². The van der Waals surface area contributed by atoms with Crippen LogP contribution in [0.4, 0.5) is 0 Å². The molecule has 3 nitrogen and oxygen atoms in total. The van der Waals surface area contributed by atoms with Crippen molar-refractivity contribution in [2.45, 2.75) is 19.6 Å². The Morgan fingerprint density at radius 3 is 2.79 bits per heavy atom. The van der Waals surface area contributed by atoms with Gasteiger partial charge in [0, 0.05) is 23.5 Å². The Kier molecular flexibility index (Phi) is 4.82. The van der Waals surface area contributed by atoms with Gasteiger partial charge in [0.15, 0.2) is 0 Å². The Balaban J connectivity index is 1.88. The number of rotatable bonds is 5. The minimum absolute atomic E-state index is 0.270. The average Bonchev–Trinajstić information content (AvgIpc) is 2.80. The summed E-state index contributed by atoms with van der Waals surface area (Å²) in [5, 5.41) is 22.8. The van der Waals surface area contributed by atoms with Crippen LogP contribution in [-0.4, -0.2) is 16.8 Å². The van der Waals surface area contributed by atoms with Crippen LogP contribution in [0.1, 0.15) is 22.1 Å². The summed E-state index contributed by atoms with van der Waals surface area (Å²) in [5.74, 6) is 0.270. The van der Waals surface area contributed by atoms with Crippen LogP contribution in [0.15, 0.2) is 30.3 Å². The van der Waals surface area contributed by atoms with Crippen molar-refractivity contribution in [1.29, 1.82) is 0 Å². The maximum atomic E-state index is 9.96. The third-order valence-electron chi connectivity index (χ3n) is 2.81.